The lowest BCUT2D eigenvalue weighted by Gasteiger charge is -2.13. The molecule has 0 radical (unpaired) electrons. The van der Waals surface area contributed by atoms with Gasteiger partial charge in [0.2, 0.25) is 5.91 Å². The van der Waals surface area contributed by atoms with Crippen LogP contribution in [0.2, 0.25) is 0 Å². The number of hydrogen-bond donors (Lipinski definition) is 1. The monoisotopic (exact) mass is 423 g/mol. The van der Waals surface area contributed by atoms with E-state index >= 15 is 0 Å². The number of fused-ring (bicyclic) bond motifs is 1. The van der Waals surface area contributed by atoms with E-state index in [9.17, 15) is 19.2 Å². The molecule has 0 atom stereocenters. The Labute approximate surface area is 178 Å². The Morgan fingerprint density at radius 3 is 2.58 bits per heavy atom. The summed E-state index contributed by atoms with van der Waals surface area (Å²) < 4.78 is 3.79. The maximum Gasteiger partial charge on any atom is 0.332 e. The number of anilines is 1. The van der Waals surface area contributed by atoms with Crippen molar-refractivity contribution in [2.75, 3.05) is 5.32 Å². The minimum Gasteiger partial charge on any atom is -0.325 e. The van der Waals surface area contributed by atoms with Gasteiger partial charge in [-0.2, -0.15) is 0 Å². The van der Waals surface area contributed by atoms with Gasteiger partial charge in [0.15, 0.2) is 16.9 Å². The molecule has 0 spiro atoms. The minimum atomic E-state index is -0.633. The van der Waals surface area contributed by atoms with Crippen molar-refractivity contribution in [1.29, 1.82) is 0 Å². The van der Waals surface area contributed by atoms with Crippen molar-refractivity contribution in [3.8, 4) is 0 Å². The number of nitrogens with zero attached hydrogens (tertiary/aromatic N) is 4. The molecule has 0 aliphatic rings. The van der Waals surface area contributed by atoms with E-state index in [1.165, 1.54) is 17.9 Å². The van der Waals surface area contributed by atoms with E-state index < -0.39 is 23.6 Å². The number of aromatic nitrogens is 4. The average molecular weight is 423 g/mol. The number of carbonyl (C=O) groups excluding carboxylic acids is 2. The van der Waals surface area contributed by atoms with Crippen LogP contribution < -0.4 is 16.6 Å². The fourth-order valence-electron chi connectivity index (χ4n) is 3.16. The van der Waals surface area contributed by atoms with E-state index in [0.29, 0.717) is 12.2 Å². The second-order valence-corrected chi connectivity index (χ2v) is 7.48. The van der Waals surface area contributed by atoms with Crippen LogP contribution in [-0.2, 0) is 24.9 Å². The molecule has 3 rings (SSSR count). The van der Waals surface area contributed by atoms with E-state index in [1.54, 1.807) is 42.7 Å². The molecule has 162 valence electrons. The van der Waals surface area contributed by atoms with Gasteiger partial charge in [0.05, 0.1) is 18.6 Å². The molecule has 0 fully saturated rings. The van der Waals surface area contributed by atoms with Crippen LogP contribution in [0.4, 0.5) is 5.69 Å². The van der Waals surface area contributed by atoms with Gasteiger partial charge in [-0.25, -0.2) is 9.78 Å². The molecule has 2 heterocycles. The van der Waals surface area contributed by atoms with Gasteiger partial charge in [-0.3, -0.25) is 23.5 Å². The van der Waals surface area contributed by atoms with E-state index in [-0.39, 0.29) is 28.6 Å². The smallest absolute Gasteiger partial charge is 0.325 e. The van der Waals surface area contributed by atoms with Gasteiger partial charge in [-0.05, 0) is 19.1 Å². The quantitative estimate of drug-likeness (QED) is 0.462. The zero-order valence-electron chi connectivity index (χ0n) is 18.0. The lowest BCUT2D eigenvalue weighted by molar-refractivity contribution is -0.118. The standard InChI is InChI=1S/C22H25N5O4/c1-5-6-11-26-13-23-19-18(26)21(30)27(22(31)25(19)4)12-17(28)15-9-7-8-10-16(15)24-20(29)14(2)3/h5-10,13-14H,11-12H2,1-4H3,(H,24,29). The maximum atomic E-state index is 13.1. The number of Topliss-reactive ketones (excluding diaryl/α,β-unsaturated/α-hetero) is 1. The Bertz CT molecular complexity index is 1290. The normalized spacial score (nSPS) is 11.5. The predicted molar refractivity (Wildman–Crippen MR) is 118 cm³/mol. The van der Waals surface area contributed by atoms with E-state index in [4.69, 9.17) is 0 Å². The molecule has 9 heteroatoms. The largest absolute Gasteiger partial charge is 0.332 e. The zero-order valence-corrected chi connectivity index (χ0v) is 18.0. The van der Waals surface area contributed by atoms with Crippen molar-refractivity contribution in [2.45, 2.75) is 33.9 Å². The van der Waals surface area contributed by atoms with Gasteiger partial charge >= 0.3 is 5.69 Å². The Morgan fingerprint density at radius 2 is 1.90 bits per heavy atom. The van der Waals surface area contributed by atoms with Gasteiger partial charge in [-0.1, -0.05) is 38.1 Å². The highest BCUT2D eigenvalue weighted by Gasteiger charge is 2.20. The summed E-state index contributed by atoms with van der Waals surface area (Å²) in [6.45, 7) is 5.31. The Balaban J connectivity index is 2.05. The summed E-state index contributed by atoms with van der Waals surface area (Å²) in [6, 6.07) is 6.53. The van der Waals surface area contributed by atoms with Crippen LogP contribution in [0.1, 0.15) is 31.1 Å². The summed E-state index contributed by atoms with van der Waals surface area (Å²) in [7, 11) is 1.51. The number of hydrogen-bond acceptors (Lipinski definition) is 5. The first kappa shape index (κ1) is 21.9. The summed E-state index contributed by atoms with van der Waals surface area (Å²) in [5.74, 6) is -0.960. The maximum absolute atomic E-state index is 13.1. The molecule has 0 bridgehead atoms. The number of rotatable bonds is 7. The Morgan fingerprint density at radius 1 is 1.19 bits per heavy atom. The molecule has 0 aliphatic heterocycles. The van der Waals surface area contributed by atoms with Crippen LogP contribution in [0, 0.1) is 5.92 Å². The molecule has 9 nitrogen and oxygen atoms in total. The van der Waals surface area contributed by atoms with Crippen molar-refractivity contribution < 1.29 is 9.59 Å². The predicted octanol–water partition coefficient (Wildman–Crippen LogP) is 1.95. The number of imidazole rings is 1. The molecule has 1 N–H and O–H groups in total. The highest BCUT2D eigenvalue weighted by atomic mass is 16.2. The van der Waals surface area contributed by atoms with Gasteiger partial charge in [0.1, 0.15) is 0 Å². The van der Waals surface area contributed by atoms with Gasteiger partial charge in [0.25, 0.3) is 5.56 Å². The number of ketones is 1. The molecule has 2 aromatic heterocycles. The molecule has 1 amide bonds. The Hall–Kier alpha value is -3.75. The molecule has 3 aromatic rings. The van der Waals surface area contributed by atoms with Crippen LogP contribution in [0.15, 0.2) is 52.3 Å². The molecule has 0 saturated heterocycles. The Kier molecular flexibility index (Phi) is 6.33. The van der Waals surface area contributed by atoms with Crippen molar-refractivity contribution in [3.63, 3.8) is 0 Å². The van der Waals surface area contributed by atoms with Crippen LogP contribution >= 0.6 is 0 Å². The van der Waals surface area contributed by atoms with Crippen molar-refractivity contribution in [2.24, 2.45) is 13.0 Å². The summed E-state index contributed by atoms with van der Waals surface area (Å²) in [5, 5.41) is 2.72. The minimum absolute atomic E-state index is 0.230. The SMILES string of the molecule is CC=CCn1cnc2c1c(=O)n(CC(=O)c1ccccc1NC(=O)C(C)C)c(=O)n2C. The third-order valence-electron chi connectivity index (χ3n) is 4.95. The molecular weight excluding hydrogens is 398 g/mol. The summed E-state index contributed by atoms with van der Waals surface area (Å²) in [4.78, 5) is 55.2. The summed E-state index contributed by atoms with van der Waals surface area (Å²) in [5.41, 5.74) is -0.145. The lowest BCUT2D eigenvalue weighted by Crippen LogP contribution is -2.41. The van der Waals surface area contributed by atoms with Crippen molar-refractivity contribution in [3.05, 3.63) is 69.1 Å². The van der Waals surface area contributed by atoms with Crippen molar-refractivity contribution in [1.82, 2.24) is 18.7 Å². The average Bonchev–Trinajstić information content (AvgIpc) is 3.18. The third-order valence-corrected chi connectivity index (χ3v) is 4.95. The van der Waals surface area contributed by atoms with E-state index in [2.05, 4.69) is 10.3 Å². The van der Waals surface area contributed by atoms with Gasteiger partial charge < -0.3 is 9.88 Å². The fraction of sp³-hybridized carbons (Fsp3) is 0.318. The molecule has 0 aliphatic carbocycles. The first-order chi connectivity index (χ1) is 14.8. The first-order valence-electron chi connectivity index (χ1n) is 9.95. The molecule has 0 unspecified atom stereocenters. The second-order valence-electron chi connectivity index (χ2n) is 7.48. The molecule has 0 saturated carbocycles. The van der Waals surface area contributed by atoms with Crippen LogP contribution in [0.5, 0.6) is 0 Å². The van der Waals surface area contributed by atoms with Crippen molar-refractivity contribution >= 4 is 28.5 Å². The van der Waals surface area contributed by atoms with Gasteiger partial charge in [-0.15, -0.1) is 0 Å². The number of benzene rings is 1. The highest BCUT2D eigenvalue weighted by Crippen LogP contribution is 2.17. The van der Waals surface area contributed by atoms with E-state index in [1.807, 2.05) is 19.1 Å². The zero-order chi connectivity index (χ0) is 22.7. The fourth-order valence-corrected chi connectivity index (χ4v) is 3.16. The number of para-hydroxylation sites is 1. The molecule has 31 heavy (non-hydrogen) atoms. The number of amides is 1. The lowest BCUT2D eigenvalue weighted by atomic mass is 10.1. The second kappa shape index (κ2) is 8.95. The van der Waals surface area contributed by atoms with E-state index in [0.717, 1.165) is 4.57 Å². The van der Waals surface area contributed by atoms with Crippen LogP contribution in [0.25, 0.3) is 11.2 Å². The highest BCUT2D eigenvalue weighted by molar-refractivity contribution is 6.05. The van der Waals surface area contributed by atoms with Crippen LogP contribution in [0.3, 0.4) is 0 Å². The van der Waals surface area contributed by atoms with Crippen LogP contribution in [-0.4, -0.2) is 30.4 Å². The summed E-state index contributed by atoms with van der Waals surface area (Å²) in [6.07, 6.45) is 5.20. The number of nitrogens with one attached hydrogen (secondary N) is 1. The molecular formula is C22H25N5O4. The number of aryl methyl sites for hydroxylation is 1. The first-order valence-corrected chi connectivity index (χ1v) is 9.95. The number of carbonyl (C=O) groups is 2. The number of allylic oxidation sites excluding steroid dienone is 2. The third kappa shape index (κ3) is 4.25. The topological polar surface area (TPSA) is 108 Å². The molecule has 1 aromatic carbocycles. The van der Waals surface area contributed by atoms with Gasteiger partial charge in [0, 0.05) is 25.1 Å². The summed E-state index contributed by atoms with van der Waals surface area (Å²) >= 11 is 0.